The van der Waals surface area contributed by atoms with E-state index in [-0.39, 0.29) is 28.8 Å². The van der Waals surface area contributed by atoms with Gasteiger partial charge in [0.1, 0.15) is 29.4 Å². The first-order valence-electron chi connectivity index (χ1n) is 15.9. The minimum Gasteiger partial charge on any atom is -0.507 e. The van der Waals surface area contributed by atoms with Gasteiger partial charge in [-0.3, -0.25) is 9.59 Å². The summed E-state index contributed by atoms with van der Waals surface area (Å²) in [6, 6.07) is 1.54. The predicted octanol–water partition coefficient (Wildman–Crippen LogP) is 8.34. The SMILES string of the molecule is CC(C)=CCC/C(C)=C/COc1cc(O)c2c(c1CC=C(C)C)O[C@]13C(=C[C@@H]4C[C@H]1C(C)(C)O[C@@]3(CC=C(C)C)C4=O)C2=O. The molecule has 0 radical (unpaired) electrons. The summed E-state index contributed by atoms with van der Waals surface area (Å²) >= 11 is 0. The lowest BCUT2D eigenvalue weighted by atomic mass is 9.51. The van der Waals surface area contributed by atoms with Crippen molar-refractivity contribution in [2.24, 2.45) is 11.8 Å². The predicted molar refractivity (Wildman–Crippen MR) is 173 cm³/mol. The van der Waals surface area contributed by atoms with Crippen molar-refractivity contribution >= 4 is 11.6 Å². The Kier molecular flexibility index (Phi) is 8.39. The van der Waals surface area contributed by atoms with Crippen molar-refractivity contribution in [3.05, 3.63) is 75.4 Å². The van der Waals surface area contributed by atoms with Gasteiger partial charge in [-0.25, -0.2) is 0 Å². The molecule has 5 aliphatic rings. The molecule has 44 heavy (non-hydrogen) atoms. The second-order valence-corrected chi connectivity index (χ2v) is 14.3. The normalized spacial score (nSPS) is 27.6. The number of rotatable bonds is 10. The molecule has 2 aliphatic heterocycles. The number of hydrogen-bond donors (Lipinski definition) is 1. The molecule has 6 rings (SSSR count). The number of Topliss-reactive ketones (excluding diaryl/α,β-unsaturated/α-hetero) is 2. The van der Waals surface area contributed by atoms with E-state index in [0.717, 1.165) is 24.0 Å². The van der Waals surface area contributed by atoms with Crippen LogP contribution in [-0.2, 0) is 16.0 Å². The molecule has 4 bridgehead atoms. The average molecular weight is 601 g/mol. The number of fused-ring (bicyclic) bond motifs is 1. The van der Waals surface area contributed by atoms with Gasteiger partial charge in [-0.05, 0) is 94.1 Å². The largest absolute Gasteiger partial charge is 0.507 e. The minimum atomic E-state index is -1.34. The van der Waals surface area contributed by atoms with Crippen LogP contribution in [0.25, 0.3) is 0 Å². The molecular weight excluding hydrogens is 552 g/mol. The molecule has 1 saturated heterocycles. The summed E-state index contributed by atoms with van der Waals surface area (Å²) in [5.74, 6) is -0.411. The molecule has 4 atom stereocenters. The summed E-state index contributed by atoms with van der Waals surface area (Å²) in [6.07, 6.45) is 13.4. The van der Waals surface area contributed by atoms with Gasteiger partial charge in [0, 0.05) is 35.5 Å². The van der Waals surface area contributed by atoms with Crippen molar-refractivity contribution in [3.8, 4) is 17.2 Å². The van der Waals surface area contributed by atoms with Gasteiger partial charge in [0.05, 0.1) is 5.60 Å². The van der Waals surface area contributed by atoms with Crippen LogP contribution in [-0.4, -0.2) is 40.1 Å². The van der Waals surface area contributed by atoms with Crippen LogP contribution in [0.3, 0.4) is 0 Å². The fourth-order valence-electron chi connectivity index (χ4n) is 7.56. The number of allylic oxidation sites excluding steroid dienone is 7. The summed E-state index contributed by atoms with van der Waals surface area (Å²) in [6.45, 7) is 18.6. The third-order valence-electron chi connectivity index (χ3n) is 9.69. The minimum absolute atomic E-state index is 0.0342. The van der Waals surface area contributed by atoms with Crippen molar-refractivity contribution in [1.82, 2.24) is 0 Å². The lowest BCUT2D eigenvalue weighted by Gasteiger charge is -2.56. The first-order chi connectivity index (χ1) is 20.6. The van der Waals surface area contributed by atoms with Crippen molar-refractivity contribution in [1.29, 1.82) is 0 Å². The Hall–Kier alpha value is -3.38. The van der Waals surface area contributed by atoms with E-state index in [0.29, 0.717) is 48.5 Å². The van der Waals surface area contributed by atoms with E-state index in [1.807, 2.05) is 47.6 Å². The van der Waals surface area contributed by atoms with Crippen molar-refractivity contribution in [2.45, 2.75) is 111 Å². The molecule has 236 valence electrons. The van der Waals surface area contributed by atoms with E-state index in [1.54, 1.807) is 12.1 Å². The van der Waals surface area contributed by atoms with Crippen molar-refractivity contribution < 1.29 is 28.9 Å². The molecule has 1 saturated carbocycles. The van der Waals surface area contributed by atoms with Gasteiger partial charge in [0.25, 0.3) is 0 Å². The van der Waals surface area contributed by atoms with E-state index in [2.05, 4.69) is 39.0 Å². The molecule has 6 nitrogen and oxygen atoms in total. The Bertz CT molecular complexity index is 1540. The van der Waals surface area contributed by atoms with E-state index in [4.69, 9.17) is 14.2 Å². The lowest BCUT2D eigenvalue weighted by molar-refractivity contribution is -0.171. The Balaban J connectivity index is 1.64. The number of phenolic OH excluding ortho intramolecular Hbond substituents is 1. The maximum Gasteiger partial charge on any atom is 0.200 e. The van der Waals surface area contributed by atoms with E-state index in [1.165, 1.54) is 11.1 Å². The van der Waals surface area contributed by atoms with Crippen molar-refractivity contribution in [3.63, 3.8) is 0 Å². The van der Waals surface area contributed by atoms with E-state index < -0.39 is 22.7 Å². The fourth-order valence-corrected chi connectivity index (χ4v) is 7.56. The fraction of sp³-hybridized carbons (Fsp3) is 0.526. The van der Waals surface area contributed by atoms with Gasteiger partial charge < -0.3 is 19.3 Å². The molecular formula is C38H48O6. The van der Waals surface area contributed by atoms with Gasteiger partial charge in [0.15, 0.2) is 22.8 Å². The summed E-state index contributed by atoms with van der Waals surface area (Å²) in [5.41, 5.74) is 2.58. The second-order valence-electron chi connectivity index (χ2n) is 14.3. The Labute approximate surface area is 262 Å². The quantitative estimate of drug-likeness (QED) is 0.272. The van der Waals surface area contributed by atoms with Crippen molar-refractivity contribution in [2.75, 3.05) is 6.61 Å². The average Bonchev–Trinajstić information content (AvgIpc) is 3.08. The Morgan fingerprint density at radius 2 is 1.68 bits per heavy atom. The smallest absolute Gasteiger partial charge is 0.200 e. The maximum absolute atomic E-state index is 14.5. The molecule has 3 aliphatic carbocycles. The van der Waals surface area contributed by atoms with Crippen LogP contribution < -0.4 is 9.47 Å². The van der Waals surface area contributed by atoms with Gasteiger partial charge >= 0.3 is 0 Å². The number of benzene rings is 1. The van der Waals surface area contributed by atoms with Crippen LogP contribution >= 0.6 is 0 Å². The summed E-state index contributed by atoms with van der Waals surface area (Å²) < 4.78 is 20.2. The van der Waals surface area contributed by atoms with Crippen LogP contribution in [0.1, 0.15) is 104 Å². The summed E-state index contributed by atoms with van der Waals surface area (Å²) in [4.78, 5) is 28.7. The molecule has 1 aromatic rings. The van der Waals surface area contributed by atoms with Crippen LogP contribution in [0.15, 0.2) is 64.3 Å². The monoisotopic (exact) mass is 600 g/mol. The highest BCUT2D eigenvalue weighted by atomic mass is 16.6. The molecule has 2 fully saturated rings. The first kappa shape index (κ1) is 32.0. The molecule has 1 spiro atoms. The standard InChI is InChI=1S/C38H48O6/c1-22(2)11-10-12-25(7)16-18-42-30-21-29(39)32-33(40)28-19-26-20-31-36(8,9)44-37(35(26)41,17-15-24(5)6)38(28,31)43-34(32)27(30)14-13-23(3)4/h11,13,15-16,19,21,26,31,39H,10,12,14,17-18,20H2,1-9H3/b25-16+/t26-,31+,37+,38-/m1/s1. The van der Waals surface area contributed by atoms with Crippen LogP contribution in [0, 0.1) is 11.8 Å². The molecule has 2 heterocycles. The number of ether oxygens (including phenoxy) is 3. The number of hydrogen-bond acceptors (Lipinski definition) is 6. The molecule has 1 N–H and O–H groups in total. The maximum atomic E-state index is 14.5. The van der Waals surface area contributed by atoms with Crippen LogP contribution in [0.5, 0.6) is 17.2 Å². The molecule has 0 amide bonds. The number of phenols is 1. The number of ketones is 2. The van der Waals surface area contributed by atoms with Gasteiger partial charge in [-0.1, -0.05) is 46.6 Å². The third-order valence-corrected chi connectivity index (χ3v) is 9.69. The Morgan fingerprint density at radius 3 is 2.34 bits per heavy atom. The first-order valence-corrected chi connectivity index (χ1v) is 15.9. The highest BCUT2D eigenvalue weighted by Gasteiger charge is 2.81. The summed E-state index contributed by atoms with van der Waals surface area (Å²) in [5, 5.41) is 11.3. The van der Waals surface area contributed by atoms with Gasteiger partial charge in [-0.15, -0.1) is 0 Å². The zero-order valence-electron chi connectivity index (χ0n) is 27.8. The lowest BCUT2D eigenvalue weighted by Crippen LogP contribution is -2.72. The number of aromatic hydroxyl groups is 1. The number of carbonyl (C=O) groups excluding carboxylic acids is 2. The van der Waals surface area contributed by atoms with Crippen LogP contribution in [0.4, 0.5) is 0 Å². The molecule has 0 aromatic heterocycles. The zero-order chi connectivity index (χ0) is 32.2. The molecule has 0 unspecified atom stereocenters. The number of carbonyl (C=O) groups is 2. The zero-order valence-corrected chi connectivity index (χ0v) is 27.8. The second kappa shape index (κ2) is 11.5. The van der Waals surface area contributed by atoms with Gasteiger partial charge in [-0.2, -0.15) is 0 Å². The van der Waals surface area contributed by atoms with Crippen LogP contribution in [0.2, 0.25) is 0 Å². The molecule has 6 heteroatoms. The molecule has 1 aromatic carbocycles. The third kappa shape index (κ3) is 5.09. The van der Waals surface area contributed by atoms with Gasteiger partial charge in [0.2, 0.25) is 0 Å². The van der Waals surface area contributed by atoms with E-state index >= 15 is 0 Å². The highest BCUT2D eigenvalue weighted by Crippen LogP contribution is 2.68. The van der Waals surface area contributed by atoms with E-state index in [9.17, 15) is 14.7 Å². The highest BCUT2D eigenvalue weighted by molar-refractivity contribution is 6.18. The topological polar surface area (TPSA) is 82.1 Å². The Morgan fingerprint density at radius 1 is 1.00 bits per heavy atom. The summed E-state index contributed by atoms with van der Waals surface area (Å²) in [7, 11) is 0.